The fourth-order valence-corrected chi connectivity index (χ4v) is 4.04. The summed E-state index contributed by atoms with van der Waals surface area (Å²) in [7, 11) is 5.60. The Morgan fingerprint density at radius 2 is 2.09 bits per heavy atom. The van der Waals surface area contributed by atoms with E-state index in [0.717, 1.165) is 54.3 Å². The summed E-state index contributed by atoms with van der Waals surface area (Å²) in [6.07, 6.45) is 3.06. The number of nitrogens with zero attached hydrogens (tertiary/aromatic N) is 3. The first kappa shape index (κ1) is 15.6. The van der Waals surface area contributed by atoms with Crippen molar-refractivity contribution in [1.82, 2.24) is 9.88 Å². The SMILES string of the molecule is [B]CCCC(C)N1CCN(c2nc3ccc(O)cc3s2)CC1. The standard InChI is InChI=1S/C16H22BN3OS/c1-12(3-2-6-17)19-7-9-20(10-8-19)16-18-14-5-4-13(21)11-15(14)22-16/h4-5,11-12,21H,2-3,6-10H2,1H3. The van der Waals surface area contributed by atoms with Gasteiger partial charge in [0.25, 0.3) is 0 Å². The highest BCUT2D eigenvalue weighted by atomic mass is 32.1. The summed E-state index contributed by atoms with van der Waals surface area (Å²) in [5.74, 6) is 0.307. The molecule has 1 fully saturated rings. The fraction of sp³-hybridized carbons (Fsp3) is 0.562. The summed E-state index contributed by atoms with van der Waals surface area (Å²) in [4.78, 5) is 9.60. The van der Waals surface area contributed by atoms with Crippen LogP contribution in [0.15, 0.2) is 18.2 Å². The minimum Gasteiger partial charge on any atom is -0.508 e. The third-order valence-corrected chi connectivity index (χ3v) is 5.47. The van der Waals surface area contributed by atoms with Crippen LogP contribution in [-0.2, 0) is 0 Å². The van der Waals surface area contributed by atoms with Crippen molar-refractivity contribution >= 4 is 34.5 Å². The second-order valence-corrected chi connectivity index (χ2v) is 6.96. The Kier molecular flexibility index (Phi) is 4.88. The van der Waals surface area contributed by atoms with Crippen molar-refractivity contribution in [1.29, 1.82) is 0 Å². The number of anilines is 1. The summed E-state index contributed by atoms with van der Waals surface area (Å²) in [6.45, 7) is 6.48. The zero-order valence-electron chi connectivity index (χ0n) is 13.0. The Balaban J connectivity index is 1.62. The predicted octanol–water partition coefficient (Wildman–Crippen LogP) is 2.88. The minimum absolute atomic E-state index is 0.307. The van der Waals surface area contributed by atoms with Crippen LogP contribution in [0.1, 0.15) is 19.8 Å². The van der Waals surface area contributed by atoms with E-state index in [1.165, 1.54) is 6.42 Å². The predicted molar refractivity (Wildman–Crippen MR) is 94.3 cm³/mol. The van der Waals surface area contributed by atoms with Crippen LogP contribution in [0.4, 0.5) is 5.13 Å². The molecule has 0 aliphatic carbocycles. The van der Waals surface area contributed by atoms with Crippen LogP contribution in [0.5, 0.6) is 5.75 Å². The third-order valence-electron chi connectivity index (χ3n) is 4.39. The molecule has 1 aliphatic heterocycles. The van der Waals surface area contributed by atoms with E-state index in [0.29, 0.717) is 11.8 Å². The van der Waals surface area contributed by atoms with Gasteiger partial charge in [0.05, 0.1) is 18.1 Å². The first-order chi connectivity index (χ1) is 10.7. The lowest BCUT2D eigenvalue weighted by molar-refractivity contribution is 0.188. The van der Waals surface area contributed by atoms with Gasteiger partial charge >= 0.3 is 0 Å². The van der Waals surface area contributed by atoms with E-state index in [-0.39, 0.29) is 0 Å². The van der Waals surface area contributed by atoms with Gasteiger partial charge in [-0.15, -0.1) is 0 Å². The number of aromatic nitrogens is 1. The van der Waals surface area contributed by atoms with E-state index in [2.05, 4.69) is 16.7 Å². The Morgan fingerprint density at radius 1 is 1.32 bits per heavy atom. The van der Waals surface area contributed by atoms with Crippen molar-refractivity contribution < 1.29 is 5.11 Å². The van der Waals surface area contributed by atoms with Crippen molar-refractivity contribution in [2.75, 3.05) is 31.1 Å². The van der Waals surface area contributed by atoms with Crippen molar-refractivity contribution in [3.63, 3.8) is 0 Å². The van der Waals surface area contributed by atoms with Crippen molar-refractivity contribution in [3.8, 4) is 5.75 Å². The molecule has 2 heterocycles. The minimum atomic E-state index is 0.307. The number of hydrogen-bond acceptors (Lipinski definition) is 5. The second-order valence-electron chi connectivity index (χ2n) is 5.95. The third kappa shape index (κ3) is 3.38. The largest absolute Gasteiger partial charge is 0.508 e. The molecule has 6 heteroatoms. The topological polar surface area (TPSA) is 39.6 Å². The monoisotopic (exact) mass is 315 g/mol. The number of rotatable bonds is 5. The lowest BCUT2D eigenvalue weighted by Crippen LogP contribution is -2.49. The average molecular weight is 315 g/mol. The molecule has 1 N–H and O–H groups in total. The fourth-order valence-electron chi connectivity index (χ4n) is 2.99. The van der Waals surface area contributed by atoms with Gasteiger partial charge < -0.3 is 10.0 Å². The van der Waals surface area contributed by atoms with Gasteiger partial charge in [-0.3, -0.25) is 4.90 Å². The smallest absolute Gasteiger partial charge is 0.186 e. The summed E-state index contributed by atoms with van der Waals surface area (Å²) in [6, 6.07) is 5.98. The van der Waals surface area contributed by atoms with Gasteiger partial charge in [0.2, 0.25) is 0 Å². The molecule has 1 saturated heterocycles. The zero-order chi connectivity index (χ0) is 15.5. The van der Waals surface area contributed by atoms with Crippen LogP contribution in [0.3, 0.4) is 0 Å². The van der Waals surface area contributed by atoms with Gasteiger partial charge in [0, 0.05) is 32.2 Å². The maximum Gasteiger partial charge on any atom is 0.186 e. The van der Waals surface area contributed by atoms with Gasteiger partial charge in [0.15, 0.2) is 5.13 Å². The molecule has 1 aromatic carbocycles. The number of phenolic OH excluding ortho intramolecular Hbond substituents is 1. The Hall–Kier alpha value is -1.27. The highest BCUT2D eigenvalue weighted by molar-refractivity contribution is 7.22. The number of aromatic hydroxyl groups is 1. The average Bonchev–Trinajstić information content (AvgIpc) is 2.95. The number of thiazole rings is 1. The quantitative estimate of drug-likeness (QED) is 0.861. The van der Waals surface area contributed by atoms with Gasteiger partial charge in [0.1, 0.15) is 5.75 Å². The molecule has 0 bridgehead atoms. The van der Waals surface area contributed by atoms with Crippen molar-refractivity contribution in [3.05, 3.63) is 18.2 Å². The van der Waals surface area contributed by atoms with Crippen LogP contribution in [0.25, 0.3) is 10.2 Å². The highest BCUT2D eigenvalue weighted by Gasteiger charge is 2.22. The van der Waals surface area contributed by atoms with Gasteiger partial charge in [-0.2, -0.15) is 0 Å². The van der Waals surface area contributed by atoms with Gasteiger partial charge in [-0.1, -0.05) is 24.1 Å². The maximum atomic E-state index is 9.57. The van der Waals surface area contributed by atoms with Crippen molar-refractivity contribution in [2.45, 2.75) is 32.1 Å². The number of benzene rings is 1. The number of piperazine rings is 1. The molecular weight excluding hydrogens is 293 g/mol. The number of phenols is 1. The Bertz CT molecular complexity index is 625. The molecule has 22 heavy (non-hydrogen) atoms. The van der Waals surface area contributed by atoms with Crippen LogP contribution < -0.4 is 4.90 Å². The van der Waals surface area contributed by atoms with Crippen LogP contribution >= 0.6 is 11.3 Å². The molecule has 0 spiro atoms. The van der Waals surface area contributed by atoms with E-state index < -0.39 is 0 Å². The molecule has 0 amide bonds. The Morgan fingerprint density at radius 3 is 2.82 bits per heavy atom. The maximum absolute atomic E-state index is 9.57. The zero-order valence-corrected chi connectivity index (χ0v) is 13.9. The first-order valence-corrected chi connectivity index (χ1v) is 8.77. The molecule has 0 saturated carbocycles. The van der Waals surface area contributed by atoms with E-state index in [9.17, 15) is 5.11 Å². The summed E-state index contributed by atoms with van der Waals surface area (Å²) in [5.41, 5.74) is 0.969. The Labute approximate surface area is 137 Å². The molecule has 1 aromatic heterocycles. The van der Waals surface area contributed by atoms with Gasteiger partial charge in [-0.05, 0) is 31.5 Å². The second kappa shape index (κ2) is 6.88. The summed E-state index contributed by atoms with van der Waals surface area (Å²) in [5, 5.41) is 10.6. The number of fused-ring (bicyclic) bond motifs is 1. The molecule has 1 atom stereocenters. The normalized spacial score (nSPS) is 18.0. The lowest BCUT2D eigenvalue weighted by Gasteiger charge is -2.38. The highest BCUT2D eigenvalue weighted by Crippen LogP contribution is 2.31. The van der Waals surface area contributed by atoms with Crippen LogP contribution in [-0.4, -0.2) is 55.1 Å². The van der Waals surface area contributed by atoms with Crippen LogP contribution in [0.2, 0.25) is 6.32 Å². The molecule has 4 nitrogen and oxygen atoms in total. The first-order valence-electron chi connectivity index (χ1n) is 7.96. The van der Waals surface area contributed by atoms with Crippen molar-refractivity contribution in [2.24, 2.45) is 0 Å². The van der Waals surface area contributed by atoms with Crippen LogP contribution in [0, 0.1) is 0 Å². The molecule has 1 unspecified atom stereocenters. The number of hydrogen-bond donors (Lipinski definition) is 1. The van der Waals surface area contributed by atoms with E-state index in [1.807, 2.05) is 6.07 Å². The van der Waals surface area contributed by atoms with E-state index in [1.54, 1.807) is 23.5 Å². The molecule has 3 rings (SSSR count). The van der Waals surface area contributed by atoms with E-state index >= 15 is 0 Å². The molecule has 1 aliphatic rings. The molecule has 116 valence electrons. The molecule has 2 radical (unpaired) electrons. The summed E-state index contributed by atoms with van der Waals surface area (Å²) >= 11 is 1.66. The van der Waals surface area contributed by atoms with E-state index in [4.69, 9.17) is 12.8 Å². The lowest BCUT2D eigenvalue weighted by atomic mass is 9.97. The molecule has 2 aromatic rings. The molecular formula is C16H22BN3OS. The van der Waals surface area contributed by atoms with Gasteiger partial charge in [-0.25, -0.2) is 4.98 Å². The summed E-state index contributed by atoms with van der Waals surface area (Å²) < 4.78 is 1.05.